The first kappa shape index (κ1) is 13.5. The molecule has 2 unspecified atom stereocenters. The second-order valence-corrected chi connectivity index (χ2v) is 5.62. The minimum absolute atomic E-state index is 0.614. The number of aliphatic hydroxyl groups is 1. The molecular formula is C13H16INO. The van der Waals surface area contributed by atoms with Crippen LogP contribution in [0.25, 0.3) is 0 Å². The molecule has 1 rings (SSSR count). The predicted octanol–water partition coefficient (Wildman–Crippen LogP) is 3.44. The summed E-state index contributed by atoms with van der Waals surface area (Å²) in [6.07, 6.45) is 0.614. The summed E-state index contributed by atoms with van der Waals surface area (Å²) in [6, 6.07) is 9.88. The molecule has 0 aliphatic rings. The third kappa shape index (κ3) is 2.23. The molecule has 0 aliphatic heterocycles. The molecule has 0 heterocycles. The quantitative estimate of drug-likeness (QED) is 0.864. The van der Waals surface area contributed by atoms with Gasteiger partial charge in [0.05, 0.1) is 11.5 Å². The van der Waals surface area contributed by atoms with E-state index in [1.165, 1.54) is 0 Å². The zero-order valence-electron chi connectivity index (χ0n) is 9.79. The molecule has 1 aromatic rings. The first-order valence-electron chi connectivity index (χ1n) is 5.27. The van der Waals surface area contributed by atoms with E-state index in [2.05, 4.69) is 28.7 Å². The number of hydrogen-bond donors (Lipinski definition) is 1. The van der Waals surface area contributed by atoms with E-state index in [1.807, 2.05) is 31.2 Å². The number of hydrogen-bond acceptors (Lipinski definition) is 2. The van der Waals surface area contributed by atoms with Gasteiger partial charge in [-0.1, -0.05) is 19.1 Å². The van der Waals surface area contributed by atoms with Crippen LogP contribution in [-0.2, 0) is 5.60 Å². The Morgan fingerprint density at radius 1 is 1.31 bits per heavy atom. The molecule has 2 nitrogen and oxygen atoms in total. The van der Waals surface area contributed by atoms with E-state index in [0.29, 0.717) is 6.42 Å². The van der Waals surface area contributed by atoms with Crippen LogP contribution in [0.1, 0.15) is 32.8 Å². The van der Waals surface area contributed by atoms with Gasteiger partial charge in [0.15, 0.2) is 0 Å². The fraction of sp³-hybridized carbons (Fsp3) is 0.462. The van der Waals surface area contributed by atoms with Gasteiger partial charge in [0.1, 0.15) is 5.60 Å². The maximum Gasteiger partial charge on any atom is 0.105 e. The van der Waals surface area contributed by atoms with Crippen molar-refractivity contribution in [2.24, 2.45) is 5.41 Å². The monoisotopic (exact) mass is 329 g/mol. The highest BCUT2D eigenvalue weighted by molar-refractivity contribution is 14.1. The van der Waals surface area contributed by atoms with Gasteiger partial charge in [-0.2, -0.15) is 5.26 Å². The van der Waals surface area contributed by atoms with Crippen LogP contribution in [-0.4, -0.2) is 5.11 Å². The zero-order chi connectivity index (χ0) is 12.4. The average molecular weight is 329 g/mol. The lowest BCUT2D eigenvalue weighted by Crippen LogP contribution is -2.40. The fourth-order valence-electron chi connectivity index (χ4n) is 1.63. The van der Waals surface area contributed by atoms with E-state index in [9.17, 15) is 10.4 Å². The third-order valence-corrected chi connectivity index (χ3v) is 4.15. The molecule has 0 aliphatic carbocycles. The molecule has 0 aromatic heterocycles. The Balaban J connectivity index is 3.21. The zero-order valence-corrected chi connectivity index (χ0v) is 11.9. The lowest BCUT2D eigenvalue weighted by atomic mass is 9.70. The van der Waals surface area contributed by atoms with Crippen molar-refractivity contribution in [3.63, 3.8) is 0 Å². The van der Waals surface area contributed by atoms with Crippen molar-refractivity contribution in [2.45, 2.75) is 32.8 Å². The van der Waals surface area contributed by atoms with E-state index < -0.39 is 11.0 Å². The fourth-order valence-corrected chi connectivity index (χ4v) is 1.98. The van der Waals surface area contributed by atoms with Crippen molar-refractivity contribution in [2.75, 3.05) is 0 Å². The molecule has 0 fully saturated rings. The summed E-state index contributed by atoms with van der Waals surface area (Å²) in [6.45, 7) is 5.43. The summed E-state index contributed by atoms with van der Waals surface area (Å²) in [5.74, 6) is 0. The van der Waals surface area contributed by atoms with Gasteiger partial charge in [-0.3, -0.25) is 0 Å². The molecule has 0 spiro atoms. The number of halogens is 1. The lowest BCUT2D eigenvalue weighted by molar-refractivity contribution is -0.0379. The third-order valence-electron chi connectivity index (χ3n) is 3.43. The Hall–Kier alpha value is -0.600. The van der Waals surface area contributed by atoms with Gasteiger partial charge in [-0.15, -0.1) is 0 Å². The lowest BCUT2D eigenvalue weighted by Gasteiger charge is -2.37. The van der Waals surface area contributed by atoms with Crippen LogP contribution >= 0.6 is 22.6 Å². The van der Waals surface area contributed by atoms with Crippen LogP contribution in [0, 0.1) is 20.3 Å². The van der Waals surface area contributed by atoms with Crippen molar-refractivity contribution in [1.82, 2.24) is 0 Å². The highest BCUT2D eigenvalue weighted by Gasteiger charge is 2.43. The number of rotatable bonds is 3. The predicted molar refractivity (Wildman–Crippen MR) is 72.7 cm³/mol. The first-order valence-corrected chi connectivity index (χ1v) is 6.35. The minimum atomic E-state index is -1.12. The van der Waals surface area contributed by atoms with E-state index in [-0.39, 0.29) is 0 Å². The molecule has 0 bridgehead atoms. The molecule has 86 valence electrons. The van der Waals surface area contributed by atoms with Gasteiger partial charge in [0.25, 0.3) is 0 Å². The van der Waals surface area contributed by atoms with Crippen LogP contribution in [0.2, 0.25) is 0 Å². The van der Waals surface area contributed by atoms with Crippen LogP contribution in [0.3, 0.4) is 0 Å². The van der Waals surface area contributed by atoms with Gasteiger partial charge in [-0.25, -0.2) is 0 Å². The van der Waals surface area contributed by atoms with E-state index >= 15 is 0 Å². The average Bonchev–Trinajstić information content (AvgIpc) is 2.28. The van der Waals surface area contributed by atoms with Crippen LogP contribution < -0.4 is 0 Å². The SMILES string of the molecule is CCC(C)(C#N)C(C)(O)c1ccc(I)cc1. The molecule has 0 saturated heterocycles. The topological polar surface area (TPSA) is 44.0 Å². The Morgan fingerprint density at radius 2 is 1.81 bits per heavy atom. The van der Waals surface area contributed by atoms with E-state index in [4.69, 9.17) is 0 Å². The Labute approximate surface area is 110 Å². The van der Waals surface area contributed by atoms with Crippen LogP contribution in [0.4, 0.5) is 0 Å². The summed E-state index contributed by atoms with van der Waals surface area (Å²) in [7, 11) is 0. The molecule has 1 aromatic carbocycles. The largest absolute Gasteiger partial charge is 0.384 e. The first-order chi connectivity index (χ1) is 7.37. The van der Waals surface area contributed by atoms with E-state index in [1.54, 1.807) is 13.8 Å². The Morgan fingerprint density at radius 3 is 2.19 bits per heavy atom. The van der Waals surface area contributed by atoms with Crippen LogP contribution in [0.15, 0.2) is 24.3 Å². The molecule has 0 saturated carbocycles. The Kier molecular flexibility index (Phi) is 3.97. The second-order valence-electron chi connectivity index (χ2n) is 4.38. The summed E-state index contributed by atoms with van der Waals surface area (Å²) in [5.41, 5.74) is -1.10. The van der Waals surface area contributed by atoms with Crippen molar-refractivity contribution >= 4 is 22.6 Å². The number of nitriles is 1. The molecule has 2 atom stereocenters. The summed E-state index contributed by atoms with van der Waals surface area (Å²) < 4.78 is 1.12. The summed E-state index contributed by atoms with van der Waals surface area (Å²) >= 11 is 2.22. The van der Waals surface area contributed by atoms with Crippen molar-refractivity contribution in [3.8, 4) is 6.07 Å². The second kappa shape index (κ2) is 4.72. The maximum atomic E-state index is 10.6. The molecule has 0 amide bonds. The van der Waals surface area contributed by atoms with E-state index in [0.717, 1.165) is 9.13 Å². The van der Waals surface area contributed by atoms with Gasteiger partial charge < -0.3 is 5.11 Å². The molecule has 16 heavy (non-hydrogen) atoms. The van der Waals surface area contributed by atoms with Crippen molar-refractivity contribution < 1.29 is 5.11 Å². The molecule has 3 heteroatoms. The highest BCUT2D eigenvalue weighted by Crippen LogP contribution is 2.41. The maximum absolute atomic E-state index is 10.6. The van der Waals surface area contributed by atoms with Gasteiger partial charge in [0, 0.05) is 3.57 Å². The smallest absolute Gasteiger partial charge is 0.105 e. The van der Waals surface area contributed by atoms with Gasteiger partial charge >= 0.3 is 0 Å². The van der Waals surface area contributed by atoms with Crippen molar-refractivity contribution in [3.05, 3.63) is 33.4 Å². The number of nitrogens with zero attached hydrogens (tertiary/aromatic N) is 1. The van der Waals surface area contributed by atoms with Gasteiger partial charge in [0.2, 0.25) is 0 Å². The molecular weight excluding hydrogens is 313 g/mol. The number of benzene rings is 1. The summed E-state index contributed by atoms with van der Waals surface area (Å²) in [5, 5.41) is 19.8. The summed E-state index contributed by atoms with van der Waals surface area (Å²) in [4.78, 5) is 0. The van der Waals surface area contributed by atoms with Crippen molar-refractivity contribution in [1.29, 1.82) is 5.26 Å². The standard InChI is InChI=1S/C13H16INO/c1-4-12(2,9-15)13(3,16)10-5-7-11(14)8-6-10/h5-8,16H,4H2,1-3H3. The normalized spacial score (nSPS) is 18.2. The molecule has 0 radical (unpaired) electrons. The van der Waals surface area contributed by atoms with Gasteiger partial charge in [-0.05, 0) is 60.6 Å². The van der Waals surface area contributed by atoms with Crippen LogP contribution in [0.5, 0.6) is 0 Å². The highest BCUT2D eigenvalue weighted by atomic mass is 127. The minimum Gasteiger partial charge on any atom is -0.384 e. The Bertz CT molecular complexity index is 405. The molecule has 1 N–H and O–H groups in total.